The number of nitrogens with one attached hydrogen (secondary N) is 3. The average Bonchev–Trinajstić information content (AvgIpc) is 2.72. The molecule has 0 aliphatic rings. The van der Waals surface area contributed by atoms with E-state index in [0.717, 1.165) is 36.6 Å². The molecular formula is C22H29F2IN4O. The van der Waals surface area contributed by atoms with Gasteiger partial charge in [-0.15, -0.1) is 24.0 Å². The second-order valence-corrected chi connectivity index (χ2v) is 6.59. The minimum absolute atomic E-state index is 0. The summed E-state index contributed by atoms with van der Waals surface area (Å²) < 4.78 is 27.1. The van der Waals surface area contributed by atoms with Crippen LogP contribution in [0.4, 0.5) is 8.78 Å². The number of aliphatic imine (C=N–C) groups is 1. The summed E-state index contributed by atoms with van der Waals surface area (Å²) >= 11 is 0. The fourth-order valence-electron chi connectivity index (χ4n) is 2.61. The smallest absolute Gasteiger partial charge is 0.251 e. The van der Waals surface area contributed by atoms with Crippen molar-refractivity contribution in [2.45, 2.75) is 39.8 Å². The molecule has 0 saturated carbocycles. The van der Waals surface area contributed by atoms with Crippen LogP contribution in [0, 0.1) is 11.6 Å². The maximum Gasteiger partial charge on any atom is 0.251 e. The van der Waals surface area contributed by atoms with Gasteiger partial charge in [0.2, 0.25) is 0 Å². The molecule has 8 heteroatoms. The average molecular weight is 530 g/mol. The molecule has 3 N–H and O–H groups in total. The minimum atomic E-state index is -0.482. The van der Waals surface area contributed by atoms with Crippen LogP contribution >= 0.6 is 24.0 Å². The number of guanidine groups is 1. The van der Waals surface area contributed by atoms with Gasteiger partial charge < -0.3 is 16.0 Å². The van der Waals surface area contributed by atoms with Gasteiger partial charge in [0.15, 0.2) is 5.96 Å². The Morgan fingerprint density at radius 3 is 2.40 bits per heavy atom. The van der Waals surface area contributed by atoms with Crippen molar-refractivity contribution in [3.63, 3.8) is 0 Å². The van der Waals surface area contributed by atoms with E-state index in [-0.39, 0.29) is 42.0 Å². The van der Waals surface area contributed by atoms with Crippen LogP contribution < -0.4 is 16.0 Å². The second-order valence-electron chi connectivity index (χ2n) is 6.59. The van der Waals surface area contributed by atoms with E-state index in [1.54, 1.807) is 12.1 Å². The predicted molar refractivity (Wildman–Crippen MR) is 127 cm³/mol. The Morgan fingerprint density at radius 2 is 1.73 bits per heavy atom. The number of carbonyl (C=O) groups excluding carboxylic acids is 1. The largest absolute Gasteiger partial charge is 0.357 e. The Bertz CT molecular complexity index is 828. The molecule has 5 nitrogen and oxygen atoms in total. The second kappa shape index (κ2) is 13.9. The van der Waals surface area contributed by atoms with Gasteiger partial charge in [-0.05, 0) is 49.2 Å². The number of rotatable bonds is 9. The van der Waals surface area contributed by atoms with Crippen molar-refractivity contribution in [2.75, 3.05) is 13.1 Å². The third kappa shape index (κ3) is 8.64. The Labute approximate surface area is 193 Å². The monoisotopic (exact) mass is 530 g/mol. The van der Waals surface area contributed by atoms with Gasteiger partial charge in [0.05, 0.1) is 6.54 Å². The lowest BCUT2D eigenvalue weighted by Gasteiger charge is -2.12. The molecule has 0 bridgehead atoms. The van der Waals surface area contributed by atoms with Gasteiger partial charge in [0.25, 0.3) is 5.91 Å². The lowest BCUT2D eigenvalue weighted by Crippen LogP contribution is -2.37. The first-order valence-electron chi connectivity index (χ1n) is 9.86. The molecule has 0 aromatic heterocycles. The summed E-state index contributed by atoms with van der Waals surface area (Å²) in [4.78, 5) is 16.5. The summed E-state index contributed by atoms with van der Waals surface area (Å²) in [6.45, 7) is 5.81. The maximum absolute atomic E-state index is 13.8. The first-order chi connectivity index (χ1) is 14.0. The van der Waals surface area contributed by atoms with Crippen LogP contribution in [0.5, 0.6) is 0 Å². The quantitative estimate of drug-likeness (QED) is 0.195. The van der Waals surface area contributed by atoms with Gasteiger partial charge in [-0.3, -0.25) is 4.79 Å². The van der Waals surface area contributed by atoms with Gasteiger partial charge in [0.1, 0.15) is 11.6 Å². The van der Waals surface area contributed by atoms with E-state index in [2.05, 4.69) is 27.9 Å². The van der Waals surface area contributed by atoms with Gasteiger partial charge in [0, 0.05) is 30.8 Å². The zero-order valence-corrected chi connectivity index (χ0v) is 19.6. The highest BCUT2D eigenvalue weighted by molar-refractivity contribution is 14.0. The van der Waals surface area contributed by atoms with E-state index >= 15 is 0 Å². The predicted octanol–water partition coefficient (Wildman–Crippen LogP) is 4.37. The van der Waals surface area contributed by atoms with Crippen LogP contribution in [0.3, 0.4) is 0 Å². The highest BCUT2D eigenvalue weighted by atomic mass is 127. The molecule has 0 spiro atoms. The molecule has 2 aromatic carbocycles. The van der Waals surface area contributed by atoms with Gasteiger partial charge in [-0.25, -0.2) is 13.8 Å². The summed E-state index contributed by atoms with van der Waals surface area (Å²) in [5, 5.41) is 8.96. The van der Waals surface area contributed by atoms with E-state index in [9.17, 15) is 13.6 Å². The number of halogens is 3. The topological polar surface area (TPSA) is 65.5 Å². The first-order valence-corrected chi connectivity index (χ1v) is 9.86. The zero-order valence-electron chi connectivity index (χ0n) is 17.3. The third-order valence-electron chi connectivity index (χ3n) is 4.25. The summed E-state index contributed by atoms with van der Waals surface area (Å²) in [6, 6.07) is 10.6. The van der Waals surface area contributed by atoms with Crippen LogP contribution in [-0.4, -0.2) is 25.0 Å². The fourth-order valence-corrected chi connectivity index (χ4v) is 2.61. The molecule has 0 aliphatic heterocycles. The number of hydrogen-bond donors (Lipinski definition) is 3. The molecule has 0 atom stereocenters. The number of unbranched alkanes of at least 4 members (excludes halogenated alkanes) is 1. The highest BCUT2D eigenvalue weighted by Gasteiger charge is 2.06. The normalized spacial score (nSPS) is 10.9. The van der Waals surface area contributed by atoms with Crippen molar-refractivity contribution in [3.8, 4) is 0 Å². The van der Waals surface area contributed by atoms with Crippen LogP contribution in [-0.2, 0) is 13.1 Å². The molecule has 30 heavy (non-hydrogen) atoms. The number of amides is 1. The Hall–Kier alpha value is -2.23. The van der Waals surface area contributed by atoms with Crippen molar-refractivity contribution in [3.05, 3.63) is 70.8 Å². The Kier molecular flexibility index (Phi) is 12.0. The van der Waals surface area contributed by atoms with Crippen molar-refractivity contribution < 1.29 is 13.6 Å². The summed E-state index contributed by atoms with van der Waals surface area (Å²) in [5.74, 6) is -0.537. The van der Waals surface area contributed by atoms with E-state index in [1.165, 1.54) is 0 Å². The highest BCUT2D eigenvalue weighted by Crippen LogP contribution is 2.09. The SMILES string of the molecule is CCCCNC(=O)c1ccc(CN=C(NCC)NCc2cc(F)ccc2F)cc1.I. The van der Waals surface area contributed by atoms with Crippen LogP contribution in [0.2, 0.25) is 0 Å². The lowest BCUT2D eigenvalue weighted by atomic mass is 10.1. The molecule has 0 aliphatic carbocycles. The molecule has 164 valence electrons. The number of hydrogen-bond acceptors (Lipinski definition) is 2. The number of benzene rings is 2. The van der Waals surface area contributed by atoms with Crippen molar-refractivity contribution in [1.29, 1.82) is 0 Å². The first kappa shape index (κ1) is 25.8. The molecule has 0 fully saturated rings. The molecule has 0 unspecified atom stereocenters. The molecule has 0 heterocycles. The number of carbonyl (C=O) groups is 1. The van der Waals surface area contributed by atoms with Gasteiger partial charge in [-0.1, -0.05) is 25.5 Å². The van der Waals surface area contributed by atoms with Crippen molar-refractivity contribution in [2.24, 2.45) is 4.99 Å². The lowest BCUT2D eigenvalue weighted by molar-refractivity contribution is 0.0953. The van der Waals surface area contributed by atoms with Crippen molar-refractivity contribution in [1.82, 2.24) is 16.0 Å². The fraction of sp³-hybridized carbons (Fsp3) is 0.364. The van der Waals surface area contributed by atoms with E-state index in [0.29, 0.717) is 31.2 Å². The molecule has 2 aromatic rings. The van der Waals surface area contributed by atoms with Gasteiger partial charge in [-0.2, -0.15) is 0 Å². The maximum atomic E-state index is 13.8. The Balaban J connectivity index is 0.00000450. The summed E-state index contributed by atoms with van der Waals surface area (Å²) in [5.41, 5.74) is 1.78. The summed E-state index contributed by atoms with van der Waals surface area (Å²) in [7, 11) is 0. The minimum Gasteiger partial charge on any atom is -0.357 e. The molecular weight excluding hydrogens is 501 g/mol. The number of nitrogens with zero attached hydrogens (tertiary/aromatic N) is 1. The zero-order chi connectivity index (χ0) is 21.1. The van der Waals surface area contributed by atoms with Crippen LogP contribution in [0.1, 0.15) is 48.2 Å². The molecule has 0 saturated heterocycles. The van der Waals surface area contributed by atoms with Crippen molar-refractivity contribution >= 4 is 35.8 Å². The summed E-state index contributed by atoms with van der Waals surface area (Å²) in [6.07, 6.45) is 1.99. The molecule has 2 rings (SSSR count). The van der Waals surface area contributed by atoms with Gasteiger partial charge >= 0.3 is 0 Å². The van der Waals surface area contributed by atoms with E-state index in [4.69, 9.17) is 0 Å². The van der Waals surface area contributed by atoms with E-state index < -0.39 is 11.6 Å². The van der Waals surface area contributed by atoms with Crippen LogP contribution in [0.15, 0.2) is 47.5 Å². The van der Waals surface area contributed by atoms with Crippen LogP contribution in [0.25, 0.3) is 0 Å². The molecule has 0 radical (unpaired) electrons. The van der Waals surface area contributed by atoms with E-state index in [1.807, 2.05) is 19.1 Å². The standard InChI is InChI=1S/C22H28F2N4O.HI/c1-3-5-12-26-21(29)17-8-6-16(7-9-17)14-27-22(25-4-2)28-15-18-13-19(23)10-11-20(18)24;/h6-11,13H,3-5,12,14-15H2,1-2H3,(H,26,29)(H2,25,27,28);1H. The Morgan fingerprint density at radius 1 is 1.00 bits per heavy atom. The third-order valence-corrected chi connectivity index (χ3v) is 4.25. The molecule has 1 amide bonds.